The van der Waals surface area contributed by atoms with Crippen LogP contribution in [0.15, 0.2) is 12.7 Å². The second kappa shape index (κ2) is 4.13. The number of methoxy groups -OCH3 is 2. The maximum Gasteiger partial charge on any atom is 0.338 e. The van der Waals surface area contributed by atoms with Gasteiger partial charge in [0.25, 0.3) is 0 Å². The van der Waals surface area contributed by atoms with Gasteiger partial charge in [0, 0.05) is 13.5 Å². The molecule has 0 aliphatic heterocycles. The van der Waals surface area contributed by atoms with E-state index in [2.05, 4.69) is 11.3 Å². The Kier molecular flexibility index (Phi) is 3.82. The van der Waals surface area contributed by atoms with Gasteiger partial charge in [-0.05, 0) is 6.92 Å². The molecule has 0 saturated heterocycles. The third-order valence-electron chi connectivity index (χ3n) is 1.60. The summed E-state index contributed by atoms with van der Waals surface area (Å²) in [4.78, 5) is 11.1. The first-order chi connectivity index (χ1) is 5.10. The fourth-order valence-electron chi connectivity index (χ4n) is 0.741. The van der Waals surface area contributed by atoms with Gasteiger partial charge in [0.05, 0.1) is 7.11 Å². The lowest BCUT2D eigenvalue weighted by molar-refractivity contribution is -0.163. The maximum absolute atomic E-state index is 11.1. The van der Waals surface area contributed by atoms with Crippen LogP contribution < -0.4 is 0 Å². The fraction of sp³-hybridized carbons (Fsp3) is 0.625. The molecule has 0 N–H and O–H groups in total. The highest BCUT2D eigenvalue weighted by molar-refractivity contribution is 5.79. The smallest absolute Gasteiger partial charge is 0.338 e. The molecule has 64 valence electrons. The van der Waals surface area contributed by atoms with Crippen LogP contribution >= 0.6 is 0 Å². The van der Waals surface area contributed by atoms with Crippen molar-refractivity contribution in [2.24, 2.45) is 0 Å². The number of hydrogen-bond acceptors (Lipinski definition) is 3. The Hall–Kier alpha value is -0.830. The predicted octanol–water partition coefficient (Wildman–Crippen LogP) is 1.14. The summed E-state index contributed by atoms with van der Waals surface area (Å²) in [5.74, 6) is -0.375. The minimum absolute atomic E-state index is 0.375. The number of carbonyl (C=O) groups excluding carboxylic acids is 1. The van der Waals surface area contributed by atoms with Crippen LogP contribution in [-0.2, 0) is 14.3 Å². The first-order valence-electron chi connectivity index (χ1n) is 3.35. The fourth-order valence-corrected chi connectivity index (χ4v) is 0.741. The first kappa shape index (κ1) is 10.2. The van der Waals surface area contributed by atoms with Crippen LogP contribution in [0, 0.1) is 0 Å². The highest BCUT2D eigenvalue weighted by Gasteiger charge is 2.32. The molecule has 0 saturated carbocycles. The number of hydrogen-bond donors (Lipinski definition) is 0. The average molecular weight is 158 g/mol. The molecule has 0 aliphatic carbocycles. The van der Waals surface area contributed by atoms with Gasteiger partial charge >= 0.3 is 5.97 Å². The van der Waals surface area contributed by atoms with E-state index in [0.29, 0.717) is 6.42 Å². The van der Waals surface area contributed by atoms with Crippen molar-refractivity contribution in [3.8, 4) is 0 Å². The summed E-state index contributed by atoms with van der Waals surface area (Å²) < 4.78 is 9.53. The summed E-state index contributed by atoms with van der Waals surface area (Å²) in [6.07, 6.45) is 2.08. The Balaban J connectivity index is 4.31. The van der Waals surface area contributed by atoms with E-state index in [1.165, 1.54) is 14.2 Å². The second-order valence-electron chi connectivity index (χ2n) is 2.42. The lowest BCUT2D eigenvalue weighted by atomic mass is 10.0. The summed E-state index contributed by atoms with van der Waals surface area (Å²) in [6, 6.07) is 0. The van der Waals surface area contributed by atoms with Crippen LogP contribution in [0.25, 0.3) is 0 Å². The molecular formula is C8H14O3. The molecule has 0 fully saturated rings. The SMILES string of the molecule is C=CCC(C)(OC)C(=O)OC. The lowest BCUT2D eigenvalue weighted by Crippen LogP contribution is -2.37. The van der Waals surface area contributed by atoms with Crippen LogP contribution in [0.5, 0.6) is 0 Å². The highest BCUT2D eigenvalue weighted by Crippen LogP contribution is 2.16. The highest BCUT2D eigenvalue weighted by atomic mass is 16.6. The molecule has 3 nitrogen and oxygen atoms in total. The van der Waals surface area contributed by atoms with E-state index < -0.39 is 5.60 Å². The number of esters is 1. The molecule has 1 unspecified atom stereocenters. The van der Waals surface area contributed by atoms with Gasteiger partial charge in [-0.2, -0.15) is 0 Å². The lowest BCUT2D eigenvalue weighted by Gasteiger charge is -2.22. The molecule has 0 heterocycles. The zero-order chi connectivity index (χ0) is 8.91. The van der Waals surface area contributed by atoms with Crippen molar-refractivity contribution in [1.29, 1.82) is 0 Å². The van der Waals surface area contributed by atoms with Gasteiger partial charge in [-0.15, -0.1) is 6.58 Å². The molecule has 0 rings (SSSR count). The normalized spacial score (nSPS) is 15.2. The molecule has 0 spiro atoms. The molecule has 3 heteroatoms. The summed E-state index contributed by atoms with van der Waals surface area (Å²) >= 11 is 0. The largest absolute Gasteiger partial charge is 0.467 e. The topological polar surface area (TPSA) is 35.5 Å². The molecule has 1 atom stereocenters. The monoisotopic (exact) mass is 158 g/mol. The minimum Gasteiger partial charge on any atom is -0.467 e. The van der Waals surface area contributed by atoms with Gasteiger partial charge in [-0.1, -0.05) is 6.08 Å². The summed E-state index contributed by atoms with van der Waals surface area (Å²) in [5.41, 5.74) is -0.878. The maximum atomic E-state index is 11.1. The number of ether oxygens (including phenoxy) is 2. The van der Waals surface area contributed by atoms with Crippen molar-refractivity contribution >= 4 is 5.97 Å². The van der Waals surface area contributed by atoms with E-state index in [4.69, 9.17) is 4.74 Å². The Labute approximate surface area is 67.0 Å². The quantitative estimate of drug-likeness (QED) is 0.454. The molecule has 0 aromatic heterocycles. The third-order valence-corrected chi connectivity index (χ3v) is 1.60. The van der Waals surface area contributed by atoms with Crippen LogP contribution in [0.2, 0.25) is 0 Å². The van der Waals surface area contributed by atoms with Crippen molar-refractivity contribution in [2.75, 3.05) is 14.2 Å². The van der Waals surface area contributed by atoms with Gasteiger partial charge in [0.15, 0.2) is 5.60 Å². The Bertz CT molecular complexity index is 153. The van der Waals surface area contributed by atoms with Crippen LogP contribution in [0.4, 0.5) is 0 Å². The summed E-state index contributed by atoms with van der Waals surface area (Å²) in [6.45, 7) is 5.19. The molecule has 0 radical (unpaired) electrons. The molecule has 0 amide bonds. The number of rotatable bonds is 4. The Morgan fingerprint density at radius 2 is 2.18 bits per heavy atom. The second-order valence-corrected chi connectivity index (χ2v) is 2.42. The Morgan fingerprint density at radius 1 is 1.64 bits per heavy atom. The standard InChI is InChI=1S/C8H14O3/c1-5-6-8(2,11-4)7(9)10-3/h5H,1,6H2,2-4H3. The van der Waals surface area contributed by atoms with Crippen molar-refractivity contribution in [3.05, 3.63) is 12.7 Å². The van der Waals surface area contributed by atoms with E-state index >= 15 is 0 Å². The van der Waals surface area contributed by atoms with E-state index in [1.807, 2.05) is 0 Å². The molecular weight excluding hydrogens is 144 g/mol. The van der Waals surface area contributed by atoms with Crippen LogP contribution in [0.3, 0.4) is 0 Å². The third kappa shape index (κ3) is 2.35. The van der Waals surface area contributed by atoms with E-state index in [9.17, 15) is 4.79 Å². The van der Waals surface area contributed by atoms with Crippen LogP contribution in [0.1, 0.15) is 13.3 Å². The van der Waals surface area contributed by atoms with E-state index in [1.54, 1.807) is 13.0 Å². The van der Waals surface area contributed by atoms with Gasteiger partial charge in [-0.25, -0.2) is 4.79 Å². The molecule has 0 aromatic rings. The first-order valence-corrected chi connectivity index (χ1v) is 3.35. The summed E-state index contributed by atoms with van der Waals surface area (Å²) in [5, 5.41) is 0. The van der Waals surface area contributed by atoms with Crippen molar-refractivity contribution in [3.63, 3.8) is 0 Å². The zero-order valence-electron chi connectivity index (χ0n) is 7.22. The molecule has 0 aliphatic rings. The van der Waals surface area contributed by atoms with Crippen molar-refractivity contribution < 1.29 is 14.3 Å². The van der Waals surface area contributed by atoms with E-state index in [-0.39, 0.29) is 5.97 Å². The zero-order valence-corrected chi connectivity index (χ0v) is 7.22. The van der Waals surface area contributed by atoms with Gasteiger partial charge < -0.3 is 9.47 Å². The van der Waals surface area contributed by atoms with Gasteiger partial charge in [0.2, 0.25) is 0 Å². The summed E-state index contributed by atoms with van der Waals surface area (Å²) in [7, 11) is 2.81. The molecule has 0 aromatic carbocycles. The van der Waals surface area contributed by atoms with E-state index in [0.717, 1.165) is 0 Å². The van der Waals surface area contributed by atoms with Crippen LogP contribution in [-0.4, -0.2) is 25.8 Å². The van der Waals surface area contributed by atoms with Gasteiger partial charge in [0.1, 0.15) is 0 Å². The van der Waals surface area contributed by atoms with Crippen molar-refractivity contribution in [2.45, 2.75) is 18.9 Å². The van der Waals surface area contributed by atoms with Gasteiger partial charge in [-0.3, -0.25) is 0 Å². The average Bonchev–Trinajstić information content (AvgIpc) is 2.03. The molecule has 11 heavy (non-hydrogen) atoms. The molecule has 0 bridgehead atoms. The Morgan fingerprint density at radius 3 is 2.45 bits per heavy atom. The predicted molar refractivity (Wildman–Crippen MR) is 42.2 cm³/mol. The minimum atomic E-state index is -0.878. The number of carbonyl (C=O) groups is 1. The van der Waals surface area contributed by atoms with Crippen molar-refractivity contribution in [1.82, 2.24) is 0 Å².